The summed E-state index contributed by atoms with van der Waals surface area (Å²) < 4.78 is 14.8. The van der Waals surface area contributed by atoms with E-state index < -0.39 is 0 Å². The van der Waals surface area contributed by atoms with Gasteiger partial charge in [-0.05, 0) is 36.4 Å². The zero-order valence-electron chi connectivity index (χ0n) is 11.7. The van der Waals surface area contributed by atoms with E-state index in [9.17, 15) is 9.18 Å². The normalized spacial score (nSPS) is 10.8. The van der Waals surface area contributed by atoms with Crippen molar-refractivity contribution in [3.8, 4) is 11.3 Å². The Bertz CT molecular complexity index is 806. The molecule has 0 aliphatic rings. The molecule has 0 N–H and O–H groups in total. The van der Waals surface area contributed by atoms with Gasteiger partial charge in [-0.3, -0.25) is 4.79 Å². The molecule has 5 heteroatoms. The zero-order chi connectivity index (χ0) is 15.0. The van der Waals surface area contributed by atoms with E-state index in [-0.39, 0.29) is 11.7 Å². The molecule has 0 unspecified atom stereocenters. The average Bonchev–Trinajstić information content (AvgIpc) is 2.89. The lowest BCUT2D eigenvalue weighted by Gasteiger charge is -2.09. The second-order valence-corrected chi connectivity index (χ2v) is 5.02. The molecule has 0 bridgehead atoms. The van der Waals surface area contributed by atoms with Crippen LogP contribution in [0, 0.1) is 5.82 Å². The van der Waals surface area contributed by atoms with E-state index >= 15 is 0 Å². The molecule has 106 valence electrons. The molecule has 0 aliphatic carbocycles. The van der Waals surface area contributed by atoms with Crippen LogP contribution < -0.4 is 0 Å². The maximum atomic E-state index is 13.0. The minimum Gasteiger partial charge on any atom is -0.345 e. The molecule has 4 nitrogen and oxygen atoms in total. The Hall–Kier alpha value is -2.69. The molecular weight excluding hydrogens is 269 g/mol. The van der Waals surface area contributed by atoms with E-state index in [0.717, 1.165) is 16.9 Å². The van der Waals surface area contributed by atoms with Gasteiger partial charge in [-0.1, -0.05) is 0 Å². The molecule has 1 aromatic carbocycles. The molecule has 2 heterocycles. The highest BCUT2D eigenvalue weighted by molar-refractivity contribution is 5.93. The number of fused-ring (bicyclic) bond motifs is 1. The summed E-state index contributed by atoms with van der Waals surface area (Å²) in [7, 11) is 3.43. The van der Waals surface area contributed by atoms with Gasteiger partial charge < -0.3 is 9.30 Å². The van der Waals surface area contributed by atoms with Crippen LogP contribution >= 0.6 is 0 Å². The summed E-state index contributed by atoms with van der Waals surface area (Å²) in [6, 6.07) is 9.72. The van der Waals surface area contributed by atoms with Crippen molar-refractivity contribution < 1.29 is 9.18 Å². The van der Waals surface area contributed by atoms with Gasteiger partial charge in [0.25, 0.3) is 5.91 Å². The predicted octanol–water partition coefficient (Wildman–Crippen LogP) is 2.84. The smallest absolute Gasteiger partial charge is 0.254 e. The van der Waals surface area contributed by atoms with Crippen molar-refractivity contribution in [1.82, 2.24) is 14.3 Å². The lowest BCUT2D eigenvalue weighted by atomic mass is 10.2. The molecule has 1 amide bonds. The van der Waals surface area contributed by atoms with E-state index in [2.05, 4.69) is 4.98 Å². The average molecular weight is 283 g/mol. The van der Waals surface area contributed by atoms with Crippen molar-refractivity contribution >= 4 is 11.6 Å². The van der Waals surface area contributed by atoms with Crippen LogP contribution in [-0.4, -0.2) is 34.3 Å². The maximum Gasteiger partial charge on any atom is 0.254 e. The summed E-state index contributed by atoms with van der Waals surface area (Å²) in [6.45, 7) is 0. The quantitative estimate of drug-likeness (QED) is 0.725. The minimum absolute atomic E-state index is 0.0612. The summed E-state index contributed by atoms with van der Waals surface area (Å²) in [5, 5.41) is 0. The summed E-state index contributed by atoms with van der Waals surface area (Å²) in [6.07, 6.45) is 3.58. The number of amides is 1. The Labute approximate surface area is 121 Å². The number of carbonyl (C=O) groups is 1. The Morgan fingerprint density at radius 1 is 1.10 bits per heavy atom. The number of carbonyl (C=O) groups excluding carboxylic acids is 1. The molecule has 3 aromatic rings. The van der Waals surface area contributed by atoms with E-state index in [1.54, 1.807) is 49.0 Å². The van der Waals surface area contributed by atoms with Crippen molar-refractivity contribution in [2.75, 3.05) is 14.1 Å². The molecule has 3 rings (SSSR count). The van der Waals surface area contributed by atoms with E-state index in [1.165, 1.54) is 17.0 Å². The minimum atomic E-state index is -0.276. The topological polar surface area (TPSA) is 37.6 Å². The second kappa shape index (κ2) is 5.01. The first-order valence-electron chi connectivity index (χ1n) is 6.51. The number of rotatable bonds is 2. The number of aromatic nitrogens is 2. The first-order chi connectivity index (χ1) is 10.0. The highest BCUT2D eigenvalue weighted by Crippen LogP contribution is 2.20. The molecule has 0 aliphatic heterocycles. The summed E-state index contributed by atoms with van der Waals surface area (Å²) in [5.41, 5.74) is 2.91. The van der Waals surface area contributed by atoms with Crippen LogP contribution in [0.5, 0.6) is 0 Å². The Balaban J connectivity index is 2.04. The molecule has 0 radical (unpaired) electrons. The molecule has 0 atom stereocenters. The number of benzene rings is 1. The van der Waals surface area contributed by atoms with Crippen molar-refractivity contribution in [1.29, 1.82) is 0 Å². The highest BCUT2D eigenvalue weighted by atomic mass is 19.1. The Kier molecular flexibility index (Phi) is 3.17. The number of pyridine rings is 1. The Morgan fingerprint density at radius 3 is 2.48 bits per heavy atom. The molecule has 0 spiro atoms. The molecule has 0 saturated carbocycles. The zero-order valence-corrected chi connectivity index (χ0v) is 11.7. The van der Waals surface area contributed by atoms with Gasteiger partial charge in [-0.15, -0.1) is 0 Å². The number of hydrogen-bond donors (Lipinski definition) is 0. The standard InChI is InChI=1S/C16H14FN3O/c1-19(2)16(21)12-5-8-15-18-14(10-20(15)9-12)11-3-6-13(17)7-4-11/h3-10H,1-2H3. The van der Waals surface area contributed by atoms with Crippen LogP contribution in [0.1, 0.15) is 10.4 Å². The van der Waals surface area contributed by atoms with Crippen molar-refractivity contribution in [3.63, 3.8) is 0 Å². The van der Waals surface area contributed by atoms with Crippen molar-refractivity contribution in [2.24, 2.45) is 0 Å². The SMILES string of the molecule is CN(C)C(=O)c1ccc2nc(-c3ccc(F)cc3)cn2c1. The predicted molar refractivity (Wildman–Crippen MR) is 78.6 cm³/mol. The third-order valence-corrected chi connectivity index (χ3v) is 3.24. The monoisotopic (exact) mass is 283 g/mol. The van der Waals surface area contributed by atoms with Gasteiger partial charge in [0.2, 0.25) is 0 Å². The van der Waals surface area contributed by atoms with Crippen LogP contribution in [0.2, 0.25) is 0 Å². The number of halogens is 1. The van der Waals surface area contributed by atoms with E-state index in [0.29, 0.717) is 5.56 Å². The van der Waals surface area contributed by atoms with E-state index in [1.807, 2.05) is 6.20 Å². The summed E-state index contributed by atoms with van der Waals surface area (Å²) in [4.78, 5) is 18.0. The molecule has 0 fully saturated rings. The van der Waals surface area contributed by atoms with Gasteiger partial charge in [0.05, 0.1) is 11.3 Å². The molecule has 0 saturated heterocycles. The van der Waals surface area contributed by atoms with Gasteiger partial charge in [0.15, 0.2) is 0 Å². The first kappa shape index (κ1) is 13.3. The van der Waals surface area contributed by atoms with Gasteiger partial charge in [-0.25, -0.2) is 9.37 Å². The third kappa shape index (κ3) is 2.50. The lowest BCUT2D eigenvalue weighted by Crippen LogP contribution is -2.21. The van der Waals surface area contributed by atoms with Gasteiger partial charge in [0, 0.05) is 32.1 Å². The summed E-state index contributed by atoms with van der Waals surface area (Å²) in [5.74, 6) is -0.338. The van der Waals surface area contributed by atoms with Gasteiger partial charge in [0.1, 0.15) is 11.5 Å². The van der Waals surface area contributed by atoms with E-state index in [4.69, 9.17) is 0 Å². The first-order valence-corrected chi connectivity index (χ1v) is 6.51. The largest absolute Gasteiger partial charge is 0.345 e. The summed E-state index contributed by atoms with van der Waals surface area (Å²) >= 11 is 0. The van der Waals surface area contributed by atoms with Crippen molar-refractivity contribution in [2.45, 2.75) is 0 Å². The molecular formula is C16H14FN3O. The fourth-order valence-corrected chi connectivity index (χ4v) is 2.14. The maximum absolute atomic E-state index is 13.0. The fourth-order valence-electron chi connectivity index (χ4n) is 2.14. The van der Waals surface area contributed by atoms with Gasteiger partial charge in [-0.2, -0.15) is 0 Å². The van der Waals surface area contributed by atoms with Crippen LogP contribution in [0.4, 0.5) is 4.39 Å². The second-order valence-electron chi connectivity index (χ2n) is 5.02. The van der Waals surface area contributed by atoms with Crippen LogP contribution in [0.3, 0.4) is 0 Å². The Morgan fingerprint density at radius 2 is 1.81 bits per heavy atom. The van der Waals surface area contributed by atoms with Crippen molar-refractivity contribution in [3.05, 3.63) is 60.2 Å². The lowest BCUT2D eigenvalue weighted by molar-refractivity contribution is 0.0827. The number of hydrogen-bond acceptors (Lipinski definition) is 2. The third-order valence-electron chi connectivity index (χ3n) is 3.24. The number of nitrogens with zero attached hydrogens (tertiary/aromatic N) is 3. The van der Waals surface area contributed by atoms with Crippen LogP contribution in [0.25, 0.3) is 16.9 Å². The van der Waals surface area contributed by atoms with Crippen LogP contribution in [0.15, 0.2) is 48.8 Å². The van der Waals surface area contributed by atoms with Crippen LogP contribution in [-0.2, 0) is 0 Å². The molecule has 2 aromatic heterocycles. The number of imidazole rings is 1. The fraction of sp³-hybridized carbons (Fsp3) is 0.125. The highest BCUT2D eigenvalue weighted by Gasteiger charge is 2.10. The van der Waals surface area contributed by atoms with Gasteiger partial charge >= 0.3 is 0 Å². The molecule has 21 heavy (non-hydrogen) atoms.